The Morgan fingerprint density at radius 3 is 3.12 bits per heavy atom. The maximum absolute atomic E-state index is 5.17. The number of H-pyrrole nitrogens is 1. The van der Waals surface area contributed by atoms with Gasteiger partial charge in [-0.3, -0.25) is 0 Å². The van der Waals surface area contributed by atoms with E-state index in [2.05, 4.69) is 21.9 Å². The van der Waals surface area contributed by atoms with Crippen molar-refractivity contribution in [3.05, 3.63) is 23.4 Å². The molecule has 0 saturated carbocycles. The zero-order valence-corrected chi connectivity index (χ0v) is 9.58. The van der Waals surface area contributed by atoms with Gasteiger partial charge in [0, 0.05) is 30.4 Å². The van der Waals surface area contributed by atoms with E-state index in [9.17, 15) is 0 Å². The smallest absolute Gasteiger partial charge is 0.213 e. The van der Waals surface area contributed by atoms with Gasteiger partial charge in [-0.2, -0.15) is 0 Å². The van der Waals surface area contributed by atoms with Gasteiger partial charge < -0.3 is 14.6 Å². The number of likely N-dealkylation sites (N-methyl/N-ethyl adjacent to an activating group) is 1. The molecule has 0 spiro atoms. The van der Waals surface area contributed by atoms with Crippen molar-refractivity contribution in [3.8, 4) is 5.88 Å². The molecule has 16 heavy (non-hydrogen) atoms. The zero-order valence-electron chi connectivity index (χ0n) is 9.58. The van der Waals surface area contributed by atoms with Gasteiger partial charge in [-0.15, -0.1) is 0 Å². The number of aromatic nitrogens is 2. The predicted molar refractivity (Wildman–Crippen MR) is 62.7 cm³/mol. The molecule has 3 rings (SSSR count). The van der Waals surface area contributed by atoms with Crippen molar-refractivity contribution in [1.29, 1.82) is 0 Å². The highest BCUT2D eigenvalue weighted by Crippen LogP contribution is 2.27. The van der Waals surface area contributed by atoms with Crippen molar-refractivity contribution < 1.29 is 4.74 Å². The van der Waals surface area contributed by atoms with E-state index < -0.39 is 0 Å². The Hall–Kier alpha value is -1.55. The quantitative estimate of drug-likeness (QED) is 0.788. The molecule has 0 amide bonds. The molecule has 1 N–H and O–H groups in total. The highest BCUT2D eigenvalue weighted by molar-refractivity contribution is 5.81. The summed E-state index contributed by atoms with van der Waals surface area (Å²) >= 11 is 0. The molecule has 84 valence electrons. The summed E-state index contributed by atoms with van der Waals surface area (Å²) in [7, 11) is 3.80. The number of ether oxygens (including phenoxy) is 1. The monoisotopic (exact) mass is 217 g/mol. The molecule has 1 aliphatic rings. The minimum atomic E-state index is 0.688. The standard InChI is InChI=1S/C12H15N3O/c1-15-6-5-8-10(7-15)13-9-3-4-11(16-2)14-12(8)9/h3-4,13H,5-7H2,1-2H3. The van der Waals surface area contributed by atoms with E-state index in [-0.39, 0.29) is 0 Å². The number of aromatic amines is 1. The van der Waals surface area contributed by atoms with Crippen molar-refractivity contribution in [1.82, 2.24) is 14.9 Å². The van der Waals surface area contributed by atoms with Crippen molar-refractivity contribution in [2.75, 3.05) is 20.7 Å². The highest BCUT2D eigenvalue weighted by atomic mass is 16.5. The maximum Gasteiger partial charge on any atom is 0.213 e. The second-order valence-electron chi connectivity index (χ2n) is 4.32. The zero-order chi connectivity index (χ0) is 11.1. The molecule has 0 radical (unpaired) electrons. The summed E-state index contributed by atoms with van der Waals surface area (Å²) in [4.78, 5) is 10.3. The molecule has 0 bridgehead atoms. The van der Waals surface area contributed by atoms with Crippen LogP contribution in [0.1, 0.15) is 11.3 Å². The molecule has 0 aliphatic carbocycles. The predicted octanol–water partition coefficient (Wildman–Crippen LogP) is 1.56. The molecule has 0 aromatic carbocycles. The Kier molecular flexibility index (Phi) is 2.11. The number of fused-ring (bicyclic) bond motifs is 3. The number of methoxy groups -OCH3 is 1. The number of hydrogen-bond acceptors (Lipinski definition) is 3. The molecule has 0 saturated heterocycles. The summed E-state index contributed by atoms with van der Waals surface area (Å²) in [5.74, 6) is 0.688. The normalized spacial score (nSPS) is 16.4. The number of pyridine rings is 1. The van der Waals surface area contributed by atoms with Crippen molar-refractivity contribution in [2.45, 2.75) is 13.0 Å². The van der Waals surface area contributed by atoms with Crippen LogP contribution < -0.4 is 4.74 Å². The third-order valence-corrected chi connectivity index (χ3v) is 3.19. The molecule has 1 aliphatic heterocycles. The summed E-state index contributed by atoms with van der Waals surface area (Å²) < 4.78 is 5.17. The molecule has 3 heterocycles. The van der Waals surface area contributed by atoms with E-state index in [1.165, 1.54) is 11.3 Å². The van der Waals surface area contributed by atoms with Crippen molar-refractivity contribution >= 4 is 11.0 Å². The van der Waals surface area contributed by atoms with Gasteiger partial charge >= 0.3 is 0 Å². The summed E-state index contributed by atoms with van der Waals surface area (Å²) in [5, 5.41) is 0. The van der Waals surface area contributed by atoms with Gasteiger partial charge in [0.1, 0.15) is 0 Å². The van der Waals surface area contributed by atoms with E-state index >= 15 is 0 Å². The van der Waals surface area contributed by atoms with Crippen LogP contribution in [-0.2, 0) is 13.0 Å². The van der Waals surface area contributed by atoms with Crippen LogP contribution in [0.5, 0.6) is 5.88 Å². The third kappa shape index (κ3) is 1.38. The average molecular weight is 217 g/mol. The Labute approximate surface area is 94.2 Å². The molecule has 4 nitrogen and oxygen atoms in total. The molecular formula is C12H15N3O. The fraction of sp³-hybridized carbons (Fsp3) is 0.417. The lowest BCUT2D eigenvalue weighted by atomic mass is 10.1. The summed E-state index contributed by atoms with van der Waals surface area (Å²) in [5.41, 5.74) is 4.83. The lowest BCUT2D eigenvalue weighted by Crippen LogP contribution is -2.26. The van der Waals surface area contributed by atoms with Gasteiger partial charge in [0.15, 0.2) is 0 Å². The molecule has 4 heteroatoms. The van der Waals surface area contributed by atoms with Gasteiger partial charge in [-0.05, 0) is 19.5 Å². The third-order valence-electron chi connectivity index (χ3n) is 3.19. The number of rotatable bonds is 1. The number of hydrogen-bond donors (Lipinski definition) is 1. The summed E-state index contributed by atoms with van der Waals surface area (Å²) in [6.45, 7) is 2.08. The lowest BCUT2D eigenvalue weighted by Gasteiger charge is -2.21. The van der Waals surface area contributed by atoms with Crippen LogP contribution in [0.25, 0.3) is 11.0 Å². The van der Waals surface area contributed by atoms with Crippen LogP contribution in [0.2, 0.25) is 0 Å². The number of nitrogens with one attached hydrogen (secondary N) is 1. The molecular weight excluding hydrogens is 202 g/mol. The first-order valence-electron chi connectivity index (χ1n) is 5.51. The van der Waals surface area contributed by atoms with E-state index in [1.54, 1.807) is 7.11 Å². The van der Waals surface area contributed by atoms with Crippen molar-refractivity contribution in [2.24, 2.45) is 0 Å². The second-order valence-corrected chi connectivity index (χ2v) is 4.32. The van der Waals surface area contributed by atoms with Crippen LogP contribution >= 0.6 is 0 Å². The SMILES string of the molecule is COc1ccc2[nH]c3c(c2n1)CCN(C)C3. The van der Waals surface area contributed by atoms with E-state index in [0.717, 1.165) is 30.5 Å². The van der Waals surface area contributed by atoms with Crippen LogP contribution in [0.3, 0.4) is 0 Å². The minimum Gasteiger partial charge on any atom is -0.481 e. The first-order chi connectivity index (χ1) is 7.78. The van der Waals surface area contributed by atoms with E-state index in [4.69, 9.17) is 4.74 Å². The molecule has 2 aromatic rings. The first kappa shape index (κ1) is 9.66. The van der Waals surface area contributed by atoms with Gasteiger partial charge in [0.25, 0.3) is 0 Å². The van der Waals surface area contributed by atoms with Gasteiger partial charge in [0.2, 0.25) is 5.88 Å². The van der Waals surface area contributed by atoms with Crippen LogP contribution in [-0.4, -0.2) is 35.6 Å². The average Bonchev–Trinajstić information content (AvgIpc) is 2.65. The molecule has 0 atom stereocenters. The lowest BCUT2D eigenvalue weighted by molar-refractivity contribution is 0.310. The minimum absolute atomic E-state index is 0.688. The van der Waals surface area contributed by atoms with E-state index in [1.807, 2.05) is 12.1 Å². The Bertz CT molecular complexity index is 532. The van der Waals surface area contributed by atoms with Crippen LogP contribution in [0.4, 0.5) is 0 Å². The highest BCUT2D eigenvalue weighted by Gasteiger charge is 2.19. The van der Waals surface area contributed by atoms with Gasteiger partial charge in [-0.1, -0.05) is 0 Å². The fourth-order valence-corrected chi connectivity index (χ4v) is 2.32. The Morgan fingerprint density at radius 1 is 1.44 bits per heavy atom. The first-order valence-corrected chi connectivity index (χ1v) is 5.51. The van der Waals surface area contributed by atoms with Gasteiger partial charge in [0.05, 0.1) is 18.1 Å². The molecule has 0 fully saturated rings. The topological polar surface area (TPSA) is 41.1 Å². The van der Waals surface area contributed by atoms with Crippen LogP contribution in [0.15, 0.2) is 12.1 Å². The van der Waals surface area contributed by atoms with E-state index in [0.29, 0.717) is 5.88 Å². The Balaban J connectivity index is 2.18. The largest absolute Gasteiger partial charge is 0.481 e. The molecule has 0 unspecified atom stereocenters. The summed E-state index contributed by atoms with van der Waals surface area (Å²) in [6.07, 6.45) is 1.06. The van der Waals surface area contributed by atoms with Gasteiger partial charge in [-0.25, -0.2) is 4.98 Å². The molecule has 2 aromatic heterocycles. The fourth-order valence-electron chi connectivity index (χ4n) is 2.32. The van der Waals surface area contributed by atoms with Crippen molar-refractivity contribution in [3.63, 3.8) is 0 Å². The van der Waals surface area contributed by atoms with Crippen LogP contribution in [0, 0.1) is 0 Å². The maximum atomic E-state index is 5.17. The Morgan fingerprint density at radius 2 is 2.31 bits per heavy atom. The summed E-state index contributed by atoms with van der Waals surface area (Å²) in [6, 6.07) is 3.94. The number of nitrogens with zero attached hydrogens (tertiary/aromatic N) is 2. The second kappa shape index (κ2) is 3.49.